The molecule has 0 aromatic heterocycles. The van der Waals surface area contributed by atoms with Gasteiger partial charge in [-0.25, -0.2) is 0 Å². The first kappa shape index (κ1) is 72.8. The topological polar surface area (TPSA) is 148 Å². The molecule has 0 saturated carbocycles. The van der Waals surface area contributed by atoms with Crippen molar-refractivity contribution in [2.45, 2.75) is 190 Å². The summed E-state index contributed by atoms with van der Waals surface area (Å²) in [7, 11) is -25.0. The Hall–Kier alpha value is 3.26. The molecule has 0 aliphatic carbocycles. The first-order chi connectivity index (χ1) is 30.4. The SMILES string of the molecule is CC.CC.CC.CC.CC.CC.C[SiH]1O[SiH](C)O[SiH](CC[SiH2]O[SiH2]O[SiH2]CC[SiH]2O[SiH](C)O[Si](C)(CC[SiH2]O[SiH2]O[SiH2]CC[SiH]3O[SiH](C)O[SiH](C)O[SiH](C)O3)O[SiH](C)O2)O[SiH](C)O1. The minimum Gasteiger partial charge on any atom is -0.446 e. The van der Waals surface area contributed by atoms with Gasteiger partial charge >= 0.3 is 36.4 Å². The Morgan fingerprint density at radius 2 is 0.556 bits per heavy atom. The summed E-state index contributed by atoms with van der Waals surface area (Å²) in [5.74, 6) is 0. The van der Waals surface area contributed by atoms with E-state index in [0.717, 1.165) is 48.4 Å². The van der Waals surface area contributed by atoms with Gasteiger partial charge in [0.2, 0.25) is 0 Å². The van der Waals surface area contributed by atoms with Crippen LogP contribution in [-0.4, -0.2) is 170 Å². The fraction of sp³-hybridized carbons (Fsp3) is 1.00. The Balaban J connectivity index is -0.00000133. The highest BCUT2D eigenvalue weighted by atomic mass is 28.5. The van der Waals surface area contributed by atoms with Crippen LogP contribution in [0.1, 0.15) is 83.1 Å². The third-order valence-electron chi connectivity index (χ3n) is 7.86. The smallest absolute Gasteiger partial charge is 0.316 e. The van der Waals surface area contributed by atoms with E-state index in [1.807, 2.05) is 83.1 Å². The van der Waals surface area contributed by atoms with E-state index in [9.17, 15) is 0 Å². The second kappa shape index (κ2) is 51.6. The zero-order chi connectivity index (χ0) is 49.1. The van der Waals surface area contributed by atoms with Crippen molar-refractivity contribution in [3.63, 3.8) is 0 Å². The molecule has 3 aliphatic rings. The van der Waals surface area contributed by atoms with E-state index in [4.69, 9.17) is 65.8 Å². The lowest BCUT2D eigenvalue weighted by molar-refractivity contribution is 0.272. The third kappa shape index (κ3) is 42.6. The maximum absolute atomic E-state index is 6.59. The fourth-order valence-corrected chi connectivity index (χ4v) is 61.6. The van der Waals surface area contributed by atoms with Crippen molar-refractivity contribution in [3.8, 4) is 0 Å². The fourth-order valence-electron chi connectivity index (χ4n) is 5.87. The molecule has 0 N–H and O–H groups in total. The maximum atomic E-state index is 6.59. The van der Waals surface area contributed by atoms with Crippen LogP contribution in [0, 0.1) is 0 Å². The minimum atomic E-state index is -2.33. The van der Waals surface area contributed by atoms with E-state index in [2.05, 4.69) is 58.9 Å². The van der Waals surface area contributed by atoms with Crippen molar-refractivity contribution in [1.82, 2.24) is 0 Å². The average molecular weight is 1210 g/mol. The van der Waals surface area contributed by atoms with Crippen LogP contribution in [0.5, 0.6) is 0 Å². The van der Waals surface area contributed by atoms with Gasteiger partial charge in [0, 0.05) is 0 Å². The highest BCUT2D eigenvalue weighted by molar-refractivity contribution is 6.82. The lowest BCUT2D eigenvalue weighted by atomic mass is 10.9. The van der Waals surface area contributed by atoms with Crippen LogP contribution in [0.2, 0.25) is 107 Å². The summed E-state index contributed by atoms with van der Waals surface area (Å²) in [5.41, 5.74) is 0. The Morgan fingerprint density at radius 1 is 0.333 bits per heavy atom. The molecule has 16 nitrogen and oxygen atoms in total. The molecule has 6 unspecified atom stereocenters. The molecular formula is C29H102O16Si18. The highest BCUT2D eigenvalue weighted by Gasteiger charge is 2.40. The van der Waals surface area contributed by atoms with Gasteiger partial charge < -0.3 is 65.8 Å². The molecule has 3 heterocycles. The molecule has 3 fully saturated rings. The van der Waals surface area contributed by atoms with Crippen molar-refractivity contribution in [2.24, 2.45) is 0 Å². The Bertz CT molecular complexity index is 896. The molecule has 0 aromatic carbocycles. The summed E-state index contributed by atoms with van der Waals surface area (Å²) in [4.78, 5) is 0. The first-order valence-corrected chi connectivity index (χ1v) is 57.8. The van der Waals surface area contributed by atoms with Crippen LogP contribution >= 0.6 is 0 Å². The van der Waals surface area contributed by atoms with Crippen molar-refractivity contribution in [3.05, 3.63) is 0 Å². The molecule has 3 rings (SSSR count). The van der Waals surface area contributed by atoms with Crippen molar-refractivity contribution in [1.29, 1.82) is 0 Å². The number of rotatable bonds is 20. The van der Waals surface area contributed by atoms with E-state index in [-0.39, 0.29) is 0 Å². The van der Waals surface area contributed by atoms with Crippen LogP contribution < -0.4 is 0 Å². The van der Waals surface area contributed by atoms with Gasteiger partial charge in [-0.2, -0.15) is 0 Å². The van der Waals surface area contributed by atoms with Gasteiger partial charge in [-0.15, -0.1) is 0 Å². The van der Waals surface area contributed by atoms with E-state index in [1.54, 1.807) is 0 Å². The van der Waals surface area contributed by atoms with Gasteiger partial charge in [0.1, 0.15) is 39.1 Å². The standard InChI is InChI=1S/C17H66O16Si18.6C2H6/c1-40-22-42(3)26-48(27-43(4)23-40)14-10-34-18-38-19-36-12-16-50-30-46(7)32-51(9,33-47(8)31-50)17-13-37-21-39-20-35-11-15-49-28-44(5)24-41(2)25-45(6)29-49;6*1-2/h40-50H,10-17,34-39H2,1-9H3;6*1-2H3. The average Bonchev–Trinajstić information content (AvgIpc) is 3.24. The van der Waals surface area contributed by atoms with E-state index >= 15 is 0 Å². The second-order valence-electron chi connectivity index (χ2n) is 13.0. The van der Waals surface area contributed by atoms with Crippen LogP contribution in [0.4, 0.5) is 0 Å². The summed E-state index contributed by atoms with van der Waals surface area (Å²) in [6, 6.07) is 8.14. The van der Waals surface area contributed by atoms with Crippen LogP contribution in [-0.2, 0) is 65.8 Å². The number of hydrogen-bond donors (Lipinski definition) is 0. The predicted octanol–water partition coefficient (Wildman–Crippen LogP) is 0.992. The zero-order valence-corrected chi connectivity index (χ0v) is 66.5. The molecule has 3 aliphatic heterocycles. The van der Waals surface area contributed by atoms with Gasteiger partial charge in [0.05, 0.1) is 0 Å². The Labute approximate surface area is 422 Å². The van der Waals surface area contributed by atoms with E-state index < -0.39 is 170 Å². The van der Waals surface area contributed by atoms with Gasteiger partial charge in [0.15, 0.2) is 0 Å². The molecule has 34 heteroatoms. The zero-order valence-electron chi connectivity index (χ0n) is 44.3. The van der Waals surface area contributed by atoms with Crippen LogP contribution in [0.15, 0.2) is 0 Å². The second-order valence-corrected chi connectivity index (χ2v) is 53.4. The third-order valence-corrected chi connectivity index (χ3v) is 60.3. The molecular weight excluding hydrogens is 1110 g/mol. The summed E-state index contributed by atoms with van der Waals surface area (Å²) in [6.07, 6.45) is 0. The van der Waals surface area contributed by atoms with Gasteiger partial charge in [-0.3, -0.25) is 0 Å². The monoisotopic (exact) mass is 1210 g/mol. The van der Waals surface area contributed by atoms with Gasteiger partial charge in [-0.05, 0) is 107 Å². The van der Waals surface area contributed by atoms with Crippen LogP contribution in [0.3, 0.4) is 0 Å². The molecule has 63 heavy (non-hydrogen) atoms. The summed E-state index contributed by atoms with van der Waals surface area (Å²) < 4.78 is 98.9. The molecule has 6 atom stereocenters. The van der Waals surface area contributed by atoms with Crippen LogP contribution in [0.25, 0.3) is 0 Å². The normalized spacial score (nSPS) is 32.0. The van der Waals surface area contributed by atoms with Crippen molar-refractivity contribution >= 4 is 170 Å². The molecule has 0 spiro atoms. The lowest BCUT2D eigenvalue weighted by Gasteiger charge is -2.37. The first-order valence-electron chi connectivity index (χ1n) is 24.6. The van der Waals surface area contributed by atoms with E-state index in [1.165, 1.54) is 0 Å². The summed E-state index contributed by atoms with van der Waals surface area (Å²) in [6.45, 7) is 42.9. The highest BCUT2D eigenvalue weighted by Crippen LogP contribution is 2.23. The molecule has 3 saturated heterocycles. The minimum absolute atomic E-state index is 0.594. The largest absolute Gasteiger partial charge is 0.446 e. The lowest BCUT2D eigenvalue weighted by Crippen LogP contribution is -2.53. The van der Waals surface area contributed by atoms with Crippen molar-refractivity contribution < 1.29 is 65.8 Å². The van der Waals surface area contributed by atoms with E-state index in [0.29, 0.717) is 0 Å². The van der Waals surface area contributed by atoms with Gasteiger partial charge in [-0.1, -0.05) is 83.1 Å². The summed E-state index contributed by atoms with van der Waals surface area (Å²) >= 11 is 0. The predicted molar refractivity (Wildman–Crippen MR) is 312 cm³/mol. The molecule has 0 aromatic rings. The molecule has 386 valence electrons. The number of hydrogen-bond acceptors (Lipinski definition) is 16. The summed E-state index contributed by atoms with van der Waals surface area (Å²) in [5, 5.41) is 0. The molecule has 0 radical (unpaired) electrons. The quantitative estimate of drug-likeness (QED) is 0.126. The Morgan fingerprint density at radius 3 is 0.825 bits per heavy atom. The Kier molecular flexibility index (Phi) is 59.6. The molecule has 0 amide bonds. The maximum Gasteiger partial charge on any atom is 0.316 e. The molecule has 0 bridgehead atoms. The van der Waals surface area contributed by atoms with Gasteiger partial charge in [0.25, 0.3) is 94.3 Å². The van der Waals surface area contributed by atoms with Crippen molar-refractivity contribution in [2.75, 3.05) is 0 Å².